The van der Waals surface area contributed by atoms with E-state index in [1.165, 1.54) is 0 Å². The van der Waals surface area contributed by atoms with Gasteiger partial charge in [0.15, 0.2) is 11.6 Å². The van der Waals surface area contributed by atoms with Crippen LogP contribution in [0.4, 0.5) is 0 Å². The molecule has 4 aliphatic carbocycles. The number of carbonyl (C=O) groups excluding carboxylic acids is 2. The largest absolute Gasteiger partial charge is 0.381 e. The van der Waals surface area contributed by atoms with Gasteiger partial charge in [-0.3, -0.25) is 9.59 Å². The van der Waals surface area contributed by atoms with Crippen molar-refractivity contribution >= 4 is 11.6 Å². The minimum atomic E-state index is -0.227. The highest BCUT2D eigenvalue weighted by molar-refractivity contribution is 6.04. The van der Waals surface area contributed by atoms with Gasteiger partial charge in [0.05, 0.1) is 6.04 Å². The minimum Gasteiger partial charge on any atom is -0.381 e. The summed E-state index contributed by atoms with van der Waals surface area (Å²) in [5.74, 6) is 1.36. The van der Waals surface area contributed by atoms with Gasteiger partial charge in [0, 0.05) is 22.6 Å². The number of ketones is 2. The number of allylic oxidation sites excluding steroid dienone is 1. The molecule has 4 rings (SSSR count). The lowest BCUT2D eigenvalue weighted by Gasteiger charge is -2.32. The van der Waals surface area contributed by atoms with E-state index in [-0.39, 0.29) is 27.7 Å². The molecule has 0 unspecified atom stereocenters. The Morgan fingerprint density at radius 1 is 0.917 bits per heavy atom. The second kappa shape index (κ2) is 4.34. The molecule has 0 saturated heterocycles. The Kier molecular flexibility index (Phi) is 2.96. The second-order valence-corrected chi connectivity index (χ2v) is 10.3. The van der Waals surface area contributed by atoms with Gasteiger partial charge in [-0.1, -0.05) is 41.5 Å². The molecule has 4 saturated carbocycles. The zero-order chi connectivity index (χ0) is 17.7. The van der Waals surface area contributed by atoms with Crippen LogP contribution in [0.1, 0.15) is 67.2 Å². The van der Waals surface area contributed by atoms with Gasteiger partial charge >= 0.3 is 0 Å². The molecule has 3 nitrogen and oxygen atoms in total. The van der Waals surface area contributed by atoms with Crippen molar-refractivity contribution in [3.8, 4) is 0 Å². The van der Waals surface area contributed by atoms with E-state index in [2.05, 4.69) is 46.9 Å². The molecule has 4 bridgehead atoms. The fraction of sp³-hybridized carbons (Fsp3) is 0.810. The van der Waals surface area contributed by atoms with Crippen molar-refractivity contribution in [1.29, 1.82) is 0 Å². The highest BCUT2D eigenvalue weighted by Gasteiger charge is 2.67. The maximum absolute atomic E-state index is 13.0. The third kappa shape index (κ3) is 1.51. The van der Waals surface area contributed by atoms with E-state index in [4.69, 9.17) is 0 Å². The first kappa shape index (κ1) is 16.4. The first-order valence-corrected chi connectivity index (χ1v) is 9.54. The quantitative estimate of drug-likeness (QED) is 0.782. The van der Waals surface area contributed by atoms with E-state index in [9.17, 15) is 9.59 Å². The highest BCUT2D eigenvalue weighted by atomic mass is 16.1. The number of hydrogen-bond acceptors (Lipinski definition) is 3. The highest BCUT2D eigenvalue weighted by Crippen LogP contribution is 2.66. The van der Waals surface area contributed by atoms with Gasteiger partial charge in [0.25, 0.3) is 0 Å². The van der Waals surface area contributed by atoms with Crippen LogP contribution in [0.25, 0.3) is 0 Å². The van der Waals surface area contributed by atoms with Crippen LogP contribution in [0.5, 0.6) is 0 Å². The summed E-state index contributed by atoms with van der Waals surface area (Å²) in [6.45, 7) is 13.2. The fourth-order valence-electron chi connectivity index (χ4n) is 6.55. The molecule has 5 atom stereocenters. The summed E-state index contributed by atoms with van der Waals surface area (Å²) < 4.78 is 0. The monoisotopic (exact) mass is 329 g/mol. The van der Waals surface area contributed by atoms with Gasteiger partial charge < -0.3 is 5.32 Å². The zero-order valence-electron chi connectivity index (χ0n) is 16.0. The van der Waals surface area contributed by atoms with E-state index < -0.39 is 0 Å². The van der Waals surface area contributed by atoms with Gasteiger partial charge in [0.1, 0.15) is 0 Å². The van der Waals surface area contributed by atoms with Crippen LogP contribution in [0.2, 0.25) is 0 Å². The number of carbonyl (C=O) groups is 2. The molecule has 0 aliphatic heterocycles. The van der Waals surface area contributed by atoms with Gasteiger partial charge in [-0.15, -0.1) is 0 Å². The summed E-state index contributed by atoms with van der Waals surface area (Å²) in [5.41, 5.74) is 0.575. The topological polar surface area (TPSA) is 46.2 Å². The summed E-state index contributed by atoms with van der Waals surface area (Å²) in [6, 6.07) is -0.117. The maximum Gasteiger partial charge on any atom is 0.167 e. The zero-order valence-corrected chi connectivity index (χ0v) is 16.0. The van der Waals surface area contributed by atoms with Crippen LogP contribution in [0.15, 0.2) is 11.8 Å². The standard InChI is InChI=1S/C21H31NO2/c1-18(2)13-7-9-20(18,5)16(23)12(13)11-22-15-14-8-10-21(6,17(15)24)19(14,3)4/h11,13-15,22H,7-10H2,1-6H3/b12-11+/t13-,14+,15+,20-,21+/m0/s1. The first-order valence-electron chi connectivity index (χ1n) is 9.54. The lowest BCUT2D eigenvalue weighted by Crippen LogP contribution is -2.41. The Hall–Kier alpha value is -1.12. The molecular weight excluding hydrogens is 298 g/mol. The summed E-state index contributed by atoms with van der Waals surface area (Å²) >= 11 is 0. The Balaban J connectivity index is 1.62. The number of hydrogen-bond donors (Lipinski definition) is 1. The number of rotatable bonds is 2. The minimum absolute atomic E-state index is 0.0293. The van der Waals surface area contributed by atoms with Crippen molar-refractivity contribution in [2.24, 2.45) is 33.5 Å². The van der Waals surface area contributed by atoms with E-state index in [0.29, 0.717) is 23.4 Å². The predicted octanol–water partition coefficient (Wildman–Crippen LogP) is 3.88. The van der Waals surface area contributed by atoms with E-state index in [0.717, 1.165) is 31.3 Å². The Labute approximate surface area is 145 Å². The SMILES string of the molecule is CC1(C)[C@H]2CC[C@@]1(C)C(=O)/C2=C/N[C@H]1C(=O)[C@@]2(C)CC[C@H]1C2(C)C. The molecule has 24 heavy (non-hydrogen) atoms. The van der Waals surface area contributed by atoms with Crippen LogP contribution in [-0.4, -0.2) is 17.6 Å². The lowest BCUT2D eigenvalue weighted by molar-refractivity contribution is -0.130. The van der Waals surface area contributed by atoms with Gasteiger partial charge in [-0.05, 0) is 48.3 Å². The number of fused-ring (bicyclic) bond motifs is 4. The molecule has 0 amide bonds. The van der Waals surface area contributed by atoms with Crippen LogP contribution in [0, 0.1) is 33.5 Å². The summed E-state index contributed by atoms with van der Waals surface area (Å²) in [6.07, 6.45) is 6.13. The maximum atomic E-state index is 13.0. The molecule has 0 radical (unpaired) electrons. The Morgan fingerprint density at radius 3 is 2.04 bits per heavy atom. The molecule has 0 aromatic rings. The van der Waals surface area contributed by atoms with Gasteiger partial charge in [-0.25, -0.2) is 0 Å². The molecule has 132 valence electrons. The predicted molar refractivity (Wildman–Crippen MR) is 94.2 cm³/mol. The molecular formula is C21H31NO2. The molecule has 0 spiro atoms. The van der Waals surface area contributed by atoms with Crippen LogP contribution < -0.4 is 5.32 Å². The molecule has 3 heteroatoms. The molecule has 0 heterocycles. The normalized spacial score (nSPS) is 49.4. The smallest absolute Gasteiger partial charge is 0.167 e. The van der Waals surface area contributed by atoms with Crippen LogP contribution in [-0.2, 0) is 9.59 Å². The van der Waals surface area contributed by atoms with E-state index >= 15 is 0 Å². The average Bonchev–Trinajstić information content (AvgIpc) is 2.97. The van der Waals surface area contributed by atoms with Gasteiger partial charge in [0.2, 0.25) is 0 Å². The first-order chi connectivity index (χ1) is 11.0. The lowest BCUT2D eigenvalue weighted by atomic mass is 9.70. The fourth-order valence-corrected chi connectivity index (χ4v) is 6.55. The van der Waals surface area contributed by atoms with E-state index in [1.54, 1.807) is 0 Å². The molecule has 4 aliphatic rings. The third-order valence-electron chi connectivity index (χ3n) is 9.32. The number of Topliss-reactive ketones (excluding diaryl/α,β-unsaturated/α-hetero) is 2. The Morgan fingerprint density at radius 2 is 1.54 bits per heavy atom. The molecule has 1 N–H and O–H groups in total. The summed E-state index contributed by atoms with van der Waals surface area (Å²) in [5, 5.41) is 3.42. The Bertz CT molecular complexity index is 673. The van der Waals surface area contributed by atoms with Crippen molar-refractivity contribution in [2.75, 3.05) is 0 Å². The molecule has 4 fully saturated rings. The van der Waals surface area contributed by atoms with Crippen molar-refractivity contribution in [1.82, 2.24) is 5.32 Å². The van der Waals surface area contributed by atoms with Crippen molar-refractivity contribution in [2.45, 2.75) is 73.3 Å². The summed E-state index contributed by atoms with van der Waals surface area (Å²) in [4.78, 5) is 25.9. The average molecular weight is 329 g/mol. The van der Waals surface area contributed by atoms with Crippen LogP contribution >= 0.6 is 0 Å². The third-order valence-corrected chi connectivity index (χ3v) is 9.32. The van der Waals surface area contributed by atoms with E-state index in [1.807, 2.05) is 6.20 Å². The second-order valence-electron chi connectivity index (χ2n) is 10.3. The number of nitrogens with one attached hydrogen (secondary N) is 1. The molecule has 0 aromatic carbocycles. The van der Waals surface area contributed by atoms with Crippen molar-refractivity contribution in [3.05, 3.63) is 11.8 Å². The molecule has 0 aromatic heterocycles. The van der Waals surface area contributed by atoms with Crippen molar-refractivity contribution in [3.63, 3.8) is 0 Å². The summed E-state index contributed by atoms with van der Waals surface area (Å²) in [7, 11) is 0. The van der Waals surface area contributed by atoms with Gasteiger partial charge in [-0.2, -0.15) is 0 Å². The van der Waals surface area contributed by atoms with Crippen molar-refractivity contribution < 1.29 is 9.59 Å². The van der Waals surface area contributed by atoms with Crippen LogP contribution in [0.3, 0.4) is 0 Å².